The fourth-order valence-electron chi connectivity index (χ4n) is 1.11. The van der Waals surface area contributed by atoms with E-state index in [1.807, 2.05) is 0 Å². The Hall–Kier alpha value is -1.58. The van der Waals surface area contributed by atoms with E-state index in [1.54, 1.807) is 6.92 Å². The molecule has 1 aromatic rings. The Kier molecular flexibility index (Phi) is 3.06. The van der Waals surface area contributed by atoms with Crippen molar-refractivity contribution in [3.8, 4) is 11.5 Å². The normalized spacial score (nSPS) is 9.93. The molecule has 3 nitrogen and oxygen atoms in total. The number of Topliss-reactive ketones (excluding diaryl/α,β-unsaturated/α-hetero) is 1. The average molecular weight is 198 g/mol. The summed E-state index contributed by atoms with van der Waals surface area (Å²) in [4.78, 5) is 11.0. The predicted molar refractivity (Wildman–Crippen MR) is 49.2 cm³/mol. The summed E-state index contributed by atoms with van der Waals surface area (Å²) in [6, 6.07) is 2.03. The molecule has 0 aliphatic carbocycles. The van der Waals surface area contributed by atoms with Crippen LogP contribution < -0.4 is 4.74 Å². The Bertz CT molecular complexity index is 361. The van der Waals surface area contributed by atoms with Crippen molar-refractivity contribution in [1.29, 1.82) is 0 Å². The lowest BCUT2D eigenvalue weighted by Gasteiger charge is -2.08. The van der Waals surface area contributed by atoms with Crippen LogP contribution in [0, 0.1) is 5.82 Å². The Labute approximate surface area is 81.1 Å². The molecule has 0 unspecified atom stereocenters. The first-order valence-corrected chi connectivity index (χ1v) is 4.22. The molecule has 0 aromatic heterocycles. The molecule has 0 aliphatic rings. The number of ketones is 1. The molecule has 0 radical (unpaired) electrons. The van der Waals surface area contributed by atoms with Crippen LogP contribution in [-0.4, -0.2) is 17.5 Å². The molecule has 0 heterocycles. The summed E-state index contributed by atoms with van der Waals surface area (Å²) in [7, 11) is 0. The van der Waals surface area contributed by atoms with Gasteiger partial charge in [0, 0.05) is 6.07 Å². The number of halogens is 1. The van der Waals surface area contributed by atoms with Crippen LogP contribution in [0.15, 0.2) is 12.1 Å². The molecule has 0 aliphatic heterocycles. The maximum atomic E-state index is 12.9. The van der Waals surface area contributed by atoms with Gasteiger partial charge >= 0.3 is 0 Å². The largest absolute Gasteiger partial charge is 0.504 e. The molecule has 14 heavy (non-hydrogen) atoms. The lowest BCUT2D eigenvalue weighted by Crippen LogP contribution is -1.99. The van der Waals surface area contributed by atoms with Gasteiger partial charge in [0.15, 0.2) is 17.3 Å². The number of aromatic hydroxyl groups is 1. The van der Waals surface area contributed by atoms with Crippen LogP contribution in [-0.2, 0) is 0 Å². The Balaban J connectivity index is 3.24. The highest BCUT2D eigenvalue weighted by molar-refractivity contribution is 5.97. The summed E-state index contributed by atoms with van der Waals surface area (Å²) in [6.45, 7) is 3.26. The summed E-state index contributed by atoms with van der Waals surface area (Å²) in [5.41, 5.74) is -0.0616. The summed E-state index contributed by atoms with van der Waals surface area (Å²) < 4.78 is 17.9. The molecule has 0 saturated heterocycles. The zero-order valence-electron chi connectivity index (χ0n) is 8.00. The van der Waals surface area contributed by atoms with E-state index in [0.717, 1.165) is 12.1 Å². The lowest BCUT2D eigenvalue weighted by molar-refractivity contribution is 0.101. The zero-order chi connectivity index (χ0) is 10.7. The Morgan fingerprint density at radius 3 is 2.71 bits per heavy atom. The molecule has 0 saturated carbocycles. The summed E-state index contributed by atoms with van der Waals surface area (Å²) in [5, 5.41) is 9.50. The Morgan fingerprint density at radius 1 is 1.57 bits per heavy atom. The highest BCUT2D eigenvalue weighted by atomic mass is 19.1. The van der Waals surface area contributed by atoms with Gasteiger partial charge < -0.3 is 9.84 Å². The van der Waals surface area contributed by atoms with Gasteiger partial charge in [-0.2, -0.15) is 0 Å². The quantitative estimate of drug-likeness (QED) is 0.757. The third-order valence-electron chi connectivity index (χ3n) is 1.72. The maximum absolute atomic E-state index is 12.9. The van der Waals surface area contributed by atoms with Crippen LogP contribution in [0.2, 0.25) is 0 Å². The van der Waals surface area contributed by atoms with Crippen molar-refractivity contribution in [2.45, 2.75) is 13.8 Å². The number of hydrogen-bond donors (Lipinski definition) is 1. The van der Waals surface area contributed by atoms with Gasteiger partial charge in [0.1, 0.15) is 5.82 Å². The van der Waals surface area contributed by atoms with Crippen molar-refractivity contribution >= 4 is 5.78 Å². The number of rotatable bonds is 3. The minimum absolute atomic E-state index is 0.00213. The van der Waals surface area contributed by atoms with E-state index >= 15 is 0 Å². The van der Waals surface area contributed by atoms with Crippen molar-refractivity contribution < 1.29 is 19.0 Å². The summed E-state index contributed by atoms with van der Waals surface area (Å²) in [5.74, 6) is -1.31. The topological polar surface area (TPSA) is 46.5 Å². The minimum Gasteiger partial charge on any atom is -0.504 e. The molecule has 0 amide bonds. The van der Waals surface area contributed by atoms with Gasteiger partial charge in [0.05, 0.1) is 12.2 Å². The van der Waals surface area contributed by atoms with Crippen molar-refractivity contribution in [2.24, 2.45) is 0 Å². The van der Waals surface area contributed by atoms with E-state index in [2.05, 4.69) is 0 Å². The van der Waals surface area contributed by atoms with Crippen molar-refractivity contribution in [3.05, 3.63) is 23.5 Å². The van der Waals surface area contributed by atoms with Crippen molar-refractivity contribution in [1.82, 2.24) is 0 Å². The first-order chi connectivity index (χ1) is 6.56. The second-order valence-corrected chi connectivity index (χ2v) is 2.79. The zero-order valence-corrected chi connectivity index (χ0v) is 8.00. The van der Waals surface area contributed by atoms with Gasteiger partial charge in [0.25, 0.3) is 0 Å². The SMILES string of the molecule is CCOc1cc(F)cc(C(C)=O)c1O. The summed E-state index contributed by atoms with van der Waals surface area (Å²) in [6.07, 6.45) is 0. The first-order valence-electron chi connectivity index (χ1n) is 4.22. The maximum Gasteiger partial charge on any atom is 0.168 e. The van der Waals surface area contributed by atoms with Crippen LogP contribution >= 0.6 is 0 Å². The molecule has 76 valence electrons. The molecule has 0 bridgehead atoms. The van der Waals surface area contributed by atoms with Gasteiger partial charge in [-0.05, 0) is 19.9 Å². The number of carbonyl (C=O) groups excluding carboxylic acids is 1. The highest BCUT2D eigenvalue weighted by Crippen LogP contribution is 2.31. The van der Waals surface area contributed by atoms with Crippen molar-refractivity contribution in [2.75, 3.05) is 6.61 Å². The van der Waals surface area contributed by atoms with Crippen LogP contribution in [0.25, 0.3) is 0 Å². The standard InChI is InChI=1S/C10H11FO3/c1-3-14-9-5-7(11)4-8(6(2)12)10(9)13/h4-5,13H,3H2,1-2H3. The monoisotopic (exact) mass is 198 g/mol. The van der Waals surface area contributed by atoms with E-state index in [1.165, 1.54) is 6.92 Å². The van der Waals surface area contributed by atoms with Crippen LogP contribution in [0.1, 0.15) is 24.2 Å². The van der Waals surface area contributed by atoms with E-state index < -0.39 is 11.6 Å². The van der Waals surface area contributed by atoms with Gasteiger partial charge in [-0.25, -0.2) is 4.39 Å². The van der Waals surface area contributed by atoms with E-state index in [4.69, 9.17) is 4.74 Å². The van der Waals surface area contributed by atoms with E-state index in [9.17, 15) is 14.3 Å². The van der Waals surface area contributed by atoms with Crippen LogP contribution in [0.5, 0.6) is 11.5 Å². The van der Waals surface area contributed by atoms with Crippen LogP contribution in [0.4, 0.5) is 4.39 Å². The smallest absolute Gasteiger partial charge is 0.168 e. The van der Waals surface area contributed by atoms with Gasteiger partial charge in [-0.15, -0.1) is 0 Å². The lowest BCUT2D eigenvalue weighted by atomic mass is 10.1. The highest BCUT2D eigenvalue weighted by Gasteiger charge is 2.14. The second-order valence-electron chi connectivity index (χ2n) is 2.79. The average Bonchev–Trinajstić information content (AvgIpc) is 2.10. The minimum atomic E-state index is -0.601. The van der Waals surface area contributed by atoms with E-state index in [-0.39, 0.29) is 17.1 Å². The molecular formula is C10H11FO3. The number of carbonyl (C=O) groups is 1. The molecule has 0 atom stereocenters. The number of ether oxygens (including phenoxy) is 1. The molecule has 1 N–H and O–H groups in total. The molecule has 4 heteroatoms. The first kappa shape index (κ1) is 10.5. The molecule has 1 aromatic carbocycles. The van der Waals surface area contributed by atoms with Gasteiger partial charge in [0.2, 0.25) is 0 Å². The summed E-state index contributed by atoms with van der Waals surface area (Å²) >= 11 is 0. The fraction of sp³-hybridized carbons (Fsp3) is 0.300. The third-order valence-corrected chi connectivity index (χ3v) is 1.72. The number of phenols is 1. The fourth-order valence-corrected chi connectivity index (χ4v) is 1.11. The number of hydrogen-bond acceptors (Lipinski definition) is 3. The third kappa shape index (κ3) is 2.02. The molecule has 1 rings (SSSR count). The molecule has 0 spiro atoms. The second kappa shape index (κ2) is 4.09. The predicted octanol–water partition coefficient (Wildman–Crippen LogP) is 2.13. The van der Waals surface area contributed by atoms with Crippen LogP contribution in [0.3, 0.4) is 0 Å². The number of phenolic OH excluding ortho intramolecular Hbond substituents is 1. The molecular weight excluding hydrogens is 187 g/mol. The molecule has 0 fully saturated rings. The number of benzene rings is 1. The van der Waals surface area contributed by atoms with Crippen molar-refractivity contribution in [3.63, 3.8) is 0 Å². The van der Waals surface area contributed by atoms with Gasteiger partial charge in [-0.3, -0.25) is 4.79 Å². The Morgan fingerprint density at radius 2 is 2.21 bits per heavy atom. The van der Waals surface area contributed by atoms with Gasteiger partial charge in [-0.1, -0.05) is 0 Å². The van der Waals surface area contributed by atoms with E-state index in [0.29, 0.717) is 6.61 Å².